The molecule has 1 atom stereocenters. The Kier molecular flexibility index (Phi) is 7.39. The lowest BCUT2D eigenvalue weighted by molar-refractivity contribution is -0.154. The van der Waals surface area contributed by atoms with Crippen LogP contribution in [0.3, 0.4) is 0 Å². The second kappa shape index (κ2) is 10.0. The van der Waals surface area contributed by atoms with Crippen molar-refractivity contribution in [1.29, 1.82) is 0 Å². The van der Waals surface area contributed by atoms with E-state index in [1.54, 1.807) is 36.1 Å². The van der Waals surface area contributed by atoms with Crippen LogP contribution >= 0.6 is 11.6 Å². The predicted octanol–water partition coefficient (Wildman–Crippen LogP) is 3.75. The minimum Gasteiger partial charge on any atom is -0.467 e. The molecule has 1 unspecified atom stereocenters. The number of nitrogens with one attached hydrogen (secondary N) is 2. The predicted molar refractivity (Wildman–Crippen MR) is 112 cm³/mol. The molecule has 1 aromatic carbocycles. The van der Waals surface area contributed by atoms with Crippen LogP contribution in [0, 0.1) is 0 Å². The Hall–Kier alpha value is -3.08. The SMILES string of the molecule is CCC(=O)Nc1ccc(C(=O)N2CCC(Nc3ncc(Cl)c(OCC(F)(F)F)n3)C2)cc1. The fourth-order valence-corrected chi connectivity index (χ4v) is 3.19. The van der Waals surface area contributed by atoms with E-state index < -0.39 is 12.8 Å². The largest absolute Gasteiger partial charge is 0.467 e. The van der Waals surface area contributed by atoms with Gasteiger partial charge in [-0.15, -0.1) is 0 Å². The van der Waals surface area contributed by atoms with Crippen LogP contribution in [0.5, 0.6) is 5.88 Å². The van der Waals surface area contributed by atoms with Gasteiger partial charge in [0.25, 0.3) is 5.91 Å². The molecule has 2 heterocycles. The Morgan fingerprint density at radius 2 is 2.00 bits per heavy atom. The Morgan fingerprint density at radius 3 is 2.66 bits per heavy atom. The number of likely N-dealkylation sites (tertiary alicyclic amines) is 1. The third kappa shape index (κ3) is 6.46. The summed E-state index contributed by atoms with van der Waals surface area (Å²) >= 11 is 5.80. The fraction of sp³-hybridized carbons (Fsp3) is 0.400. The Bertz CT molecular complexity index is 972. The second-order valence-corrected chi connectivity index (χ2v) is 7.52. The maximum atomic E-state index is 12.7. The zero-order valence-electron chi connectivity index (χ0n) is 17.1. The number of aromatic nitrogens is 2. The van der Waals surface area contributed by atoms with E-state index in [0.717, 1.165) is 6.20 Å². The van der Waals surface area contributed by atoms with Crippen molar-refractivity contribution in [3.05, 3.63) is 41.0 Å². The molecule has 3 rings (SSSR count). The van der Waals surface area contributed by atoms with Crippen LogP contribution in [-0.4, -0.2) is 58.6 Å². The van der Waals surface area contributed by atoms with Gasteiger partial charge in [0.15, 0.2) is 6.61 Å². The van der Waals surface area contributed by atoms with E-state index in [2.05, 4.69) is 25.3 Å². The first-order valence-electron chi connectivity index (χ1n) is 9.82. The summed E-state index contributed by atoms with van der Waals surface area (Å²) in [6.07, 6.45) is -2.41. The summed E-state index contributed by atoms with van der Waals surface area (Å²) in [5, 5.41) is 5.58. The maximum absolute atomic E-state index is 12.7. The lowest BCUT2D eigenvalue weighted by Gasteiger charge is -2.18. The van der Waals surface area contributed by atoms with Gasteiger partial charge in [-0.2, -0.15) is 18.2 Å². The average Bonchev–Trinajstić information content (AvgIpc) is 3.22. The van der Waals surface area contributed by atoms with Gasteiger partial charge < -0.3 is 20.3 Å². The van der Waals surface area contributed by atoms with Gasteiger partial charge in [-0.25, -0.2) is 4.98 Å². The second-order valence-electron chi connectivity index (χ2n) is 7.11. The van der Waals surface area contributed by atoms with Crippen LogP contribution in [0.2, 0.25) is 5.02 Å². The number of alkyl halides is 3. The molecule has 12 heteroatoms. The lowest BCUT2D eigenvalue weighted by atomic mass is 10.2. The number of hydrogen-bond acceptors (Lipinski definition) is 6. The zero-order valence-corrected chi connectivity index (χ0v) is 17.8. The van der Waals surface area contributed by atoms with E-state index in [1.807, 2.05) is 0 Å². The number of anilines is 2. The minimum absolute atomic E-state index is 0.0573. The molecular weight excluding hydrogens is 451 g/mol. The van der Waals surface area contributed by atoms with Gasteiger partial charge in [0.1, 0.15) is 5.02 Å². The van der Waals surface area contributed by atoms with Crippen molar-refractivity contribution < 1.29 is 27.5 Å². The summed E-state index contributed by atoms with van der Waals surface area (Å²) in [5.41, 5.74) is 1.09. The van der Waals surface area contributed by atoms with Crippen LogP contribution in [0.1, 0.15) is 30.1 Å². The van der Waals surface area contributed by atoms with E-state index in [0.29, 0.717) is 37.2 Å². The van der Waals surface area contributed by atoms with E-state index in [4.69, 9.17) is 11.6 Å². The monoisotopic (exact) mass is 471 g/mol. The number of carbonyl (C=O) groups is 2. The molecule has 8 nitrogen and oxygen atoms in total. The molecule has 2 amide bonds. The Balaban J connectivity index is 1.57. The minimum atomic E-state index is -4.52. The van der Waals surface area contributed by atoms with Gasteiger partial charge in [-0.1, -0.05) is 18.5 Å². The van der Waals surface area contributed by atoms with Crippen LogP contribution in [0.4, 0.5) is 24.8 Å². The first kappa shape index (κ1) is 23.6. The smallest absolute Gasteiger partial charge is 0.422 e. The number of halogens is 4. The van der Waals surface area contributed by atoms with Crippen molar-refractivity contribution in [2.45, 2.75) is 32.0 Å². The molecule has 0 spiro atoms. The number of benzene rings is 1. The lowest BCUT2D eigenvalue weighted by Crippen LogP contribution is -2.31. The fourth-order valence-electron chi connectivity index (χ4n) is 3.05. The van der Waals surface area contributed by atoms with Gasteiger partial charge >= 0.3 is 6.18 Å². The number of nitrogens with zero attached hydrogens (tertiary/aromatic N) is 3. The highest BCUT2D eigenvalue weighted by atomic mass is 35.5. The van der Waals surface area contributed by atoms with Crippen molar-refractivity contribution in [3.63, 3.8) is 0 Å². The highest BCUT2D eigenvalue weighted by Gasteiger charge is 2.30. The molecule has 172 valence electrons. The number of ether oxygens (including phenoxy) is 1. The molecule has 0 radical (unpaired) electrons. The van der Waals surface area contributed by atoms with Crippen LogP contribution in [0.15, 0.2) is 30.5 Å². The Labute approximate surface area is 187 Å². The average molecular weight is 472 g/mol. The molecule has 2 N–H and O–H groups in total. The summed E-state index contributed by atoms with van der Waals surface area (Å²) in [6.45, 7) is 1.07. The van der Waals surface area contributed by atoms with Crippen molar-refractivity contribution in [2.24, 2.45) is 0 Å². The van der Waals surface area contributed by atoms with E-state index >= 15 is 0 Å². The van der Waals surface area contributed by atoms with Gasteiger partial charge in [0.2, 0.25) is 17.7 Å². The molecular formula is C20H21ClF3N5O3. The highest BCUT2D eigenvalue weighted by Crippen LogP contribution is 2.25. The first-order chi connectivity index (χ1) is 15.1. The van der Waals surface area contributed by atoms with Gasteiger partial charge in [0, 0.05) is 36.8 Å². The molecule has 0 saturated carbocycles. The first-order valence-corrected chi connectivity index (χ1v) is 10.2. The van der Waals surface area contributed by atoms with Crippen LogP contribution in [0.25, 0.3) is 0 Å². The summed E-state index contributed by atoms with van der Waals surface area (Å²) in [5.74, 6) is -0.604. The topological polar surface area (TPSA) is 96.5 Å². The van der Waals surface area contributed by atoms with E-state index in [1.165, 1.54) is 0 Å². The van der Waals surface area contributed by atoms with Gasteiger partial charge in [0.05, 0.1) is 6.20 Å². The third-order valence-electron chi connectivity index (χ3n) is 4.63. The van der Waals surface area contributed by atoms with E-state index in [9.17, 15) is 22.8 Å². The summed E-state index contributed by atoms with van der Waals surface area (Å²) in [6, 6.07) is 6.41. The number of amides is 2. The van der Waals surface area contributed by atoms with E-state index in [-0.39, 0.29) is 34.7 Å². The van der Waals surface area contributed by atoms with Gasteiger partial charge in [-0.3, -0.25) is 9.59 Å². The number of hydrogen-bond donors (Lipinski definition) is 2. The number of carbonyl (C=O) groups excluding carboxylic acids is 2. The summed E-state index contributed by atoms with van der Waals surface area (Å²) in [7, 11) is 0. The molecule has 0 aliphatic carbocycles. The van der Waals surface area contributed by atoms with Crippen molar-refractivity contribution in [3.8, 4) is 5.88 Å². The normalized spacial score (nSPS) is 16.0. The molecule has 1 aromatic heterocycles. The quantitative estimate of drug-likeness (QED) is 0.638. The van der Waals surface area contributed by atoms with Crippen molar-refractivity contribution in [1.82, 2.24) is 14.9 Å². The molecule has 32 heavy (non-hydrogen) atoms. The highest BCUT2D eigenvalue weighted by molar-refractivity contribution is 6.31. The van der Waals surface area contributed by atoms with Crippen molar-refractivity contribution >= 4 is 35.1 Å². The molecule has 1 aliphatic heterocycles. The standard InChI is InChI=1S/C20H21ClF3N5O3/c1-2-16(30)26-13-5-3-12(4-6-13)18(31)29-8-7-14(10-29)27-19-25-9-15(21)17(28-19)32-11-20(22,23)24/h3-6,9,14H,2,7-8,10-11H2,1H3,(H,26,30)(H,25,27,28). The van der Waals surface area contributed by atoms with Gasteiger partial charge in [-0.05, 0) is 30.7 Å². The summed E-state index contributed by atoms with van der Waals surface area (Å²) < 4.78 is 41.7. The molecule has 1 fully saturated rings. The molecule has 1 aliphatic rings. The maximum Gasteiger partial charge on any atom is 0.422 e. The van der Waals surface area contributed by atoms with Crippen molar-refractivity contribution in [2.75, 3.05) is 30.3 Å². The van der Waals surface area contributed by atoms with Crippen LogP contribution < -0.4 is 15.4 Å². The zero-order chi connectivity index (χ0) is 23.3. The summed E-state index contributed by atoms with van der Waals surface area (Å²) in [4.78, 5) is 33.7. The Morgan fingerprint density at radius 1 is 1.28 bits per heavy atom. The number of rotatable bonds is 7. The third-order valence-corrected chi connectivity index (χ3v) is 4.89. The molecule has 1 saturated heterocycles. The molecule has 0 bridgehead atoms. The van der Waals surface area contributed by atoms with Crippen LogP contribution in [-0.2, 0) is 4.79 Å². The molecule has 2 aromatic rings.